The predicted octanol–water partition coefficient (Wildman–Crippen LogP) is 3.59. The largest absolute Gasteiger partial charge is 0.507 e. The number of phenols is 1. The zero-order chi connectivity index (χ0) is 20.0. The van der Waals surface area contributed by atoms with Crippen LogP contribution >= 0.6 is 11.3 Å². The van der Waals surface area contributed by atoms with Crippen LogP contribution in [0.25, 0.3) is 31.8 Å². The molecule has 148 valence electrons. The second-order valence-corrected chi connectivity index (χ2v) is 9.07. The first kappa shape index (κ1) is 18.3. The molecule has 1 saturated heterocycles. The van der Waals surface area contributed by atoms with E-state index in [1.807, 2.05) is 36.4 Å². The number of aromatic nitrogens is 1. The van der Waals surface area contributed by atoms with Gasteiger partial charge in [-0.15, -0.1) is 11.3 Å². The number of piperidine rings is 1. The van der Waals surface area contributed by atoms with Crippen molar-refractivity contribution in [3.63, 3.8) is 0 Å². The van der Waals surface area contributed by atoms with Crippen LogP contribution in [-0.4, -0.2) is 23.2 Å². The third-order valence-corrected chi connectivity index (χ3v) is 6.87. The van der Waals surface area contributed by atoms with Gasteiger partial charge in [-0.3, -0.25) is 0 Å². The highest BCUT2D eigenvalue weighted by molar-refractivity contribution is 7.21. The van der Waals surface area contributed by atoms with Crippen LogP contribution in [-0.2, 0) is 6.54 Å². The van der Waals surface area contributed by atoms with E-state index in [0.717, 1.165) is 34.3 Å². The third kappa shape index (κ3) is 3.43. The van der Waals surface area contributed by atoms with E-state index in [4.69, 9.17) is 4.42 Å². The molecule has 0 radical (unpaired) electrons. The SMILES string of the molecule is C[C@H]1CCC[NH+](Cc2c(O)ccc3cc(-c4nc5ccccc5s4)c(=O)oc23)C1. The van der Waals surface area contributed by atoms with Gasteiger partial charge >= 0.3 is 5.63 Å². The molecule has 0 spiro atoms. The number of aromatic hydroxyl groups is 1. The van der Waals surface area contributed by atoms with Crippen molar-refractivity contribution in [3.05, 3.63) is 58.4 Å². The third-order valence-electron chi connectivity index (χ3n) is 5.80. The molecule has 2 aromatic carbocycles. The number of likely N-dealkylation sites (tertiary alicyclic amines) is 1. The van der Waals surface area contributed by atoms with Crippen LogP contribution < -0.4 is 10.5 Å². The Hall–Kier alpha value is -2.70. The van der Waals surface area contributed by atoms with E-state index >= 15 is 0 Å². The molecule has 0 aliphatic carbocycles. The first-order valence-corrected chi connectivity index (χ1v) is 10.9. The molecule has 29 heavy (non-hydrogen) atoms. The van der Waals surface area contributed by atoms with Crippen molar-refractivity contribution in [2.45, 2.75) is 26.3 Å². The number of benzene rings is 2. The summed E-state index contributed by atoms with van der Waals surface area (Å²) in [5.74, 6) is 0.868. The van der Waals surface area contributed by atoms with Gasteiger partial charge in [-0.05, 0) is 43.2 Å². The summed E-state index contributed by atoms with van der Waals surface area (Å²) in [6.45, 7) is 5.08. The molecule has 3 heterocycles. The highest BCUT2D eigenvalue weighted by atomic mass is 32.1. The molecule has 6 heteroatoms. The number of phenolic OH excluding ortho intramolecular Hbond substituents is 1. The van der Waals surface area contributed by atoms with Crippen molar-refractivity contribution in [2.24, 2.45) is 5.92 Å². The number of para-hydroxylation sites is 1. The van der Waals surface area contributed by atoms with Gasteiger partial charge in [0.1, 0.15) is 17.3 Å². The highest BCUT2D eigenvalue weighted by Gasteiger charge is 2.23. The van der Waals surface area contributed by atoms with Gasteiger partial charge in [-0.2, -0.15) is 0 Å². The van der Waals surface area contributed by atoms with Crippen molar-refractivity contribution in [1.29, 1.82) is 0 Å². The first-order chi connectivity index (χ1) is 14.1. The fourth-order valence-corrected chi connectivity index (χ4v) is 5.32. The van der Waals surface area contributed by atoms with E-state index < -0.39 is 5.63 Å². The van der Waals surface area contributed by atoms with Crippen LogP contribution in [0, 0.1) is 5.92 Å². The second-order valence-electron chi connectivity index (χ2n) is 8.04. The fraction of sp³-hybridized carbons (Fsp3) is 0.304. The Morgan fingerprint density at radius 3 is 2.97 bits per heavy atom. The molecular formula is C23H23N2O3S+. The molecule has 4 aromatic rings. The zero-order valence-corrected chi connectivity index (χ0v) is 17.1. The van der Waals surface area contributed by atoms with Gasteiger partial charge in [0.05, 0.1) is 34.4 Å². The van der Waals surface area contributed by atoms with Gasteiger partial charge in [0.25, 0.3) is 0 Å². The topological polar surface area (TPSA) is 67.8 Å². The number of hydrogen-bond acceptors (Lipinski definition) is 5. The van der Waals surface area contributed by atoms with Gasteiger partial charge in [0.15, 0.2) is 5.58 Å². The molecule has 2 N–H and O–H groups in total. The molecule has 5 rings (SSSR count). The molecule has 5 nitrogen and oxygen atoms in total. The number of nitrogens with one attached hydrogen (secondary N) is 1. The maximum Gasteiger partial charge on any atom is 0.346 e. The molecule has 0 amide bonds. The summed E-state index contributed by atoms with van der Waals surface area (Å²) in [6.07, 6.45) is 2.44. The van der Waals surface area contributed by atoms with Crippen LogP contribution in [0.4, 0.5) is 0 Å². The molecule has 2 atom stereocenters. The van der Waals surface area contributed by atoms with Crippen LogP contribution in [0.2, 0.25) is 0 Å². The van der Waals surface area contributed by atoms with E-state index in [1.165, 1.54) is 29.1 Å². The van der Waals surface area contributed by atoms with Crippen molar-refractivity contribution in [2.75, 3.05) is 13.1 Å². The number of rotatable bonds is 3. The quantitative estimate of drug-likeness (QED) is 0.510. The standard InChI is InChI=1S/C23H22N2O3S/c1-14-5-4-10-25(12-14)13-17-19(26)9-8-15-11-16(23(27)28-21(15)17)22-24-18-6-2-3-7-20(18)29-22/h2-3,6-9,11,14,26H,4-5,10,12-13H2,1H3/p+1/t14-/m0/s1. The molecule has 1 unspecified atom stereocenters. The molecule has 0 bridgehead atoms. The van der Waals surface area contributed by atoms with E-state index in [1.54, 1.807) is 6.07 Å². The Morgan fingerprint density at radius 1 is 1.28 bits per heavy atom. The minimum Gasteiger partial charge on any atom is -0.507 e. The summed E-state index contributed by atoms with van der Waals surface area (Å²) in [5, 5.41) is 12.0. The predicted molar refractivity (Wildman–Crippen MR) is 116 cm³/mol. The Morgan fingerprint density at radius 2 is 2.14 bits per heavy atom. The molecule has 1 aliphatic rings. The van der Waals surface area contributed by atoms with Crippen LogP contribution in [0.15, 0.2) is 51.7 Å². The van der Waals surface area contributed by atoms with Gasteiger partial charge in [0, 0.05) is 11.3 Å². The Bertz CT molecular complexity index is 1230. The van der Waals surface area contributed by atoms with Crippen molar-refractivity contribution < 1.29 is 14.4 Å². The number of quaternary nitrogens is 1. The molecule has 1 aliphatic heterocycles. The van der Waals surface area contributed by atoms with E-state index in [2.05, 4.69) is 11.9 Å². The second kappa shape index (κ2) is 7.28. The Balaban J connectivity index is 1.59. The van der Waals surface area contributed by atoms with Gasteiger partial charge in [0.2, 0.25) is 0 Å². The molecule has 0 saturated carbocycles. The smallest absolute Gasteiger partial charge is 0.346 e. The summed E-state index contributed by atoms with van der Waals surface area (Å²) in [6, 6.07) is 13.2. The van der Waals surface area contributed by atoms with Crippen LogP contribution in [0.5, 0.6) is 5.75 Å². The zero-order valence-electron chi connectivity index (χ0n) is 16.3. The van der Waals surface area contributed by atoms with Crippen LogP contribution in [0.3, 0.4) is 0 Å². The van der Waals surface area contributed by atoms with Gasteiger partial charge in [-0.1, -0.05) is 19.1 Å². The number of fused-ring (bicyclic) bond motifs is 2. The minimum absolute atomic E-state index is 0.194. The highest BCUT2D eigenvalue weighted by Crippen LogP contribution is 2.32. The first-order valence-electron chi connectivity index (χ1n) is 10.1. The number of hydrogen-bond donors (Lipinski definition) is 2. The van der Waals surface area contributed by atoms with Gasteiger partial charge in [-0.25, -0.2) is 9.78 Å². The average molecular weight is 408 g/mol. The van der Waals surface area contributed by atoms with E-state index in [9.17, 15) is 9.90 Å². The lowest BCUT2D eigenvalue weighted by molar-refractivity contribution is -0.922. The molecular weight excluding hydrogens is 384 g/mol. The van der Waals surface area contributed by atoms with Crippen molar-refractivity contribution in [3.8, 4) is 16.3 Å². The van der Waals surface area contributed by atoms with Crippen LogP contribution in [0.1, 0.15) is 25.3 Å². The fourth-order valence-electron chi connectivity index (χ4n) is 4.35. The molecule has 1 fully saturated rings. The maximum absolute atomic E-state index is 12.8. The summed E-state index contributed by atoms with van der Waals surface area (Å²) >= 11 is 1.48. The summed E-state index contributed by atoms with van der Waals surface area (Å²) in [4.78, 5) is 18.8. The van der Waals surface area contributed by atoms with E-state index in [0.29, 0.717) is 28.6 Å². The van der Waals surface area contributed by atoms with Gasteiger partial charge < -0.3 is 14.4 Å². The lowest BCUT2D eigenvalue weighted by Crippen LogP contribution is -3.12. The summed E-state index contributed by atoms with van der Waals surface area (Å²) < 4.78 is 6.80. The maximum atomic E-state index is 12.8. The minimum atomic E-state index is -0.412. The number of thiazole rings is 1. The van der Waals surface area contributed by atoms with Crippen molar-refractivity contribution in [1.82, 2.24) is 4.98 Å². The summed E-state index contributed by atoms with van der Waals surface area (Å²) in [5.41, 5.74) is 2.14. The van der Waals surface area contributed by atoms with Crippen molar-refractivity contribution >= 4 is 32.5 Å². The average Bonchev–Trinajstić information content (AvgIpc) is 3.14. The normalized spacial score (nSPS) is 19.8. The Kier molecular flexibility index (Phi) is 4.60. The van der Waals surface area contributed by atoms with E-state index in [-0.39, 0.29) is 5.75 Å². The number of nitrogens with zero attached hydrogens (tertiary/aromatic N) is 1. The Labute approximate surface area is 172 Å². The monoisotopic (exact) mass is 407 g/mol. The molecule has 2 aromatic heterocycles. The lowest BCUT2D eigenvalue weighted by Gasteiger charge is -2.28. The summed E-state index contributed by atoms with van der Waals surface area (Å²) in [7, 11) is 0. The lowest BCUT2D eigenvalue weighted by atomic mass is 9.99.